The number of pyridine rings is 1. The third-order valence-corrected chi connectivity index (χ3v) is 3.13. The van der Waals surface area contributed by atoms with Crippen LogP contribution in [-0.2, 0) is 12.4 Å². The van der Waals surface area contributed by atoms with Crippen LogP contribution in [0, 0.1) is 0 Å². The molecule has 0 radical (unpaired) electrons. The number of nitrogens with zero attached hydrogens (tertiary/aromatic N) is 3. The normalized spacial score (nSPS) is 10.6. The summed E-state index contributed by atoms with van der Waals surface area (Å²) in [5.41, 5.74) is 1.89. The average Bonchev–Trinajstić information content (AvgIpc) is 2.47. The maximum Gasteiger partial charge on any atom is 0.271 e. The molecule has 0 spiro atoms. The first kappa shape index (κ1) is 13.7. The summed E-state index contributed by atoms with van der Waals surface area (Å²) in [5, 5.41) is 4.37. The molecule has 0 saturated carbocycles. The van der Waals surface area contributed by atoms with Crippen LogP contribution in [0.25, 0.3) is 11.4 Å². The van der Waals surface area contributed by atoms with E-state index in [9.17, 15) is 4.79 Å². The fourth-order valence-electron chi connectivity index (χ4n) is 1.79. The quantitative estimate of drug-likeness (QED) is 0.790. The van der Waals surface area contributed by atoms with Crippen LogP contribution in [0.1, 0.15) is 25.3 Å². The van der Waals surface area contributed by atoms with Crippen molar-refractivity contribution in [1.29, 1.82) is 0 Å². The Morgan fingerprint density at radius 1 is 1.32 bits per heavy atom. The second-order valence-electron chi connectivity index (χ2n) is 4.29. The SMILES string of the molecule is CCCCn1nc(-c2ccccn2)cc(CCl)c1=O. The molecule has 0 atom stereocenters. The lowest BCUT2D eigenvalue weighted by molar-refractivity contribution is 0.541. The molecule has 19 heavy (non-hydrogen) atoms. The lowest BCUT2D eigenvalue weighted by Gasteiger charge is -2.08. The van der Waals surface area contributed by atoms with Crippen LogP contribution in [0.3, 0.4) is 0 Å². The Hall–Kier alpha value is -1.68. The second-order valence-corrected chi connectivity index (χ2v) is 4.55. The topological polar surface area (TPSA) is 47.8 Å². The summed E-state index contributed by atoms with van der Waals surface area (Å²) in [4.78, 5) is 16.3. The summed E-state index contributed by atoms with van der Waals surface area (Å²) >= 11 is 5.84. The van der Waals surface area contributed by atoms with E-state index in [1.165, 1.54) is 4.68 Å². The van der Waals surface area contributed by atoms with Crippen molar-refractivity contribution in [2.24, 2.45) is 0 Å². The molecule has 2 aromatic rings. The standard InChI is InChI=1S/C14H16ClN3O/c1-2-3-8-18-14(19)11(10-15)9-13(17-18)12-6-4-5-7-16-12/h4-7,9H,2-3,8,10H2,1H3. The maximum absolute atomic E-state index is 12.1. The maximum atomic E-state index is 12.1. The predicted octanol–water partition coefficient (Wildman–Crippen LogP) is 2.84. The molecular formula is C14H16ClN3O. The van der Waals surface area contributed by atoms with Crippen LogP contribution in [0.15, 0.2) is 35.3 Å². The van der Waals surface area contributed by atoms with E-state index in [1.54, 1.807) is 12.3 Å². The van der Waals surface area contributed by atoms with Crippen LogP contribution < -0.4 is 5.56 Å². The van der Waals surface area contributed by atoms with Crippen LogP contribution >= 0.6 is 11.6 Å². The van der Waals surface area contributed by atoms with Crippen molar-refractivity contribution in [2.45, 2.75) is 32.2 Å². The van der Waals surface area contributed by atoms with E-state index < -0.39 is 0 Å². The zero-order chi connectivity index (χ0) is 13.7. The van der Waals surface area contributed by atoms with Gasteiger partial charge in [-0.05, 0) is 24.6 Å². The summed E-state index contributed by atoms with van der Waals surface area (Å²) in [6.45, 7) is 2.69. The Balaban J connectivity index is 2.48. The number of hydrogen-bond acceptors (Lipinski definition) is 3. The Morgan fingerprint density at radius 2 is 2.16 bits per heavy atom. The minimum atomic E-state index is -0.108. The summed E-state index contributed by atoms with van der Waals surface area (Å²) < 4.78 is 1.49. The van der Waals surface area contributed by atoms with Gasteiger partial charge in [-0.1, -0.05) is 19.4 Å². The van der Waals surface area contributed by atoms with Crippen molar-refractivity contribution in [2.75, 3.05) is 0 Å². The molecule has 2 aromatic heterocycles. The zero-order valence-corrected chi connectivity index (χ0v) is 11.6. The van der Waals surface area contributed by atoms with Gasteiger partial charge >= 0.3 is 0 Å². The monoisotopic (exact) mass is 277 g/mol. The van der Waals surface area contributed by atoms with E-state index >= 15 is 0 Å². The van der Waals surface area contributed by atoms with E-state index in [2.05, 4.69) is 17.0 Å². The van der Waals surface area contributed by atoms with Crippen molar-refractivity contribution in [3.63, 3.8) is 0 Å². The number of halogens is 1. The molecule has 4 nitrogen and oxygen atoms in total. The lowest BCUT2D eigenvalue weighted by Crippen LogP contribution is -2.26. The van der Waals surface area contributed by atoms with E-state index in [0.717, 1.165) is 18.5 Å². The Morgan fingerprint density at radius 3 is 2.79 bits per heavy atom. The molecule has 0 N–H and O–H groups in total. The van der Waals surface area contributed by atoms with Crippen molar-refractivity contribution in [3.8, 4) is 11.4 Å². The number of unbranched alkanes of at least 4 members (excludes halogenated alkanes) is 1. The molecule has 2 rings (SSSR count). The minimum absolute atomic E-state index is 0.108. The molecule has 5 heteroatoms. The van der Waals surface area contributed by atoms with Gasteiger partial charge in [-0.3, -0.25) is 9.78 Å². The molecule has 2 heterocycles. The molecule has 0 aromatic carbocycles. The van der Waals surface area contributed by atoms with E-state index in [-0.39, 0.29) is 11.4 Å². The van der Waals surface area contributed by atoms with Gasteiger partial charge in [0, 0.05) is 18.3 Å². The number of rotatable bonds is 5. The summed E-state index contributed by atoms with van der Waals surface area (Å²) in [6.07, 6.45) is 3.64. The average molecular weight is 278 g/mol. The van der Waals surface area contributed by atoms with Gasteiger partial charge in [-0.25, -0.2) is 4.68 Å². The highest BCUT2D eigenvalue weighted by Gasteiger charge is 2.09. The highest BCUT2D eigenvalue weighted by Crippen LogP contribution is 2.14. The number of aryl methyl sites for hydroxylation is 1. The Kier molecular flexibility index (Phi) is 4.68. The van der Waals surface area contributed by atoms with Crippen molar-refractivity contribution in [1.82, 2.24) is 14.8 Å². The number of hydrogen-bond donors (Lipinski definition) is 0. The molecule has 0 aliphatic heterocycles. The molecule has 0 bridgehead atoms. The van der Waals surface area contributed by atoms with E-state index in [0.29, 0.717) is 17.8 Å². The van der Waals surface area contributed by atoms with Gasteiger partial charge < -0.3 is 0 Å². The van der Waals surface area contributed by atoms with Gasteiger partial charge in [0.1, 0.15) is 5.69 Å². The van der Waals surface area contributed by atoms with Gasteiger partial charge in [0.2, 0.25) is 0 Å². The van der Waals surface area contributed by atoms with Crippen molar-refractivity contribution < 1.29 is 0 Å². The van der Waals surface area contributed by atoms with Gasteiger partial charge in [0.05, 0.1) is 11.6 Å². The largest absolute Gasteiger partial charge is 0.271 e. The molecule has 0 aliphatic rings. The first-order valence-electron chi connectivity index (χ1n) is 6.34. The summed E-state index contributed by atoms with van der Waals surface area (Å²) in [5.74, 6) is 0.188. The van der Waals surface area contributed by atoms with Crippen molar-refractivity contribution >= 4 is 11.6 Å². The molecule has 0 amide bonds. The zero-order valence-electron chi connectivity index (χ0n) is 10.8. The highest BCUT2D eigenvalue weighted by atomic mass is 35.5. The Labute approximate surface area is 117 Å². The fraction of sp³-hybridized carbons (Fsp3) is 0.357. The van der Waals surface area contributed by atoms with Gasteiger partial charge in [-0.15, -0.1) is 11.6 Å². The van der Waals surface area contributed by atoms with Crippen LogP contribution in [0.2, 0.25) is 0 Å². The number of alkyl halides is 1. The molecule has 0 aliphatic carbocycles. The molecule has 0 fully saturated rings. The summed E-state index contributed by atoms with van der Waals surface area (Å²) in [6, 6.07) is 7.33. The fourth-order valence-corrected chi connectivity index (χ4v) is 1.98. The van der Waals surface area contributed by atoms with Gasteiger partial charge in [0.25, 0.3) is 5.56 Å². The number of aromatic nitrogens is 3. The van der Waals surface area contributed by atoms with Gasteiger partial charge in [-0.2, -0.15) is 5.10 Å². The molecule has 100 valence electrons. The highest BCUT2D eigenvalue weighted by molar-refractivity contribution is 6.17. The molecular weight excluding hydrogens is 262 g/mol. The summed E-state index contributed by atoms with van der Waals surface area (Å²) in [7, 11) is 0. The van der Waals surface area contributed by atoms with Crippen LogP contribution in [0.5, 0.6) is 0 Å². The first-order chi connectivity index (χ1) is 9.26. The van der Waals surface area contributed by atoms with E-state index in [1.807, 2.05) is 18.2 Å². The smallest absolute Gasteiger partial charge is 0.267 e. The first-order valence-corrected chi connectivity index (χ1v) is 6.88. The van der Waals surface area contributed by atoms with Crippen LogP contribution in [-0.4, -0.2) is 14.8 Å². The molecule has 0 saturated heterocycles. The minimum Gasteiger partial charge on any atom is -0.267 e. The molecule has 0 unspecified atom stereocenters. The third-order valence-electron chi connectivity index (χ3n) is 2.84. The second kappa shape index (κ2) is 6.48. The Bertz CT molecular complexity index is 595. The predicted molar refractivity (Wildman–Crippen MR) is 76.2 cm³/mol. The van der Waals surface area contributed by atoms with Crippen LogP contribution in [0.4, 0.5) is 0 Å². The van der Waals surface area contributed by atoms with E-state index in [4.69, 9.17) is 11.6 Å². The lowest BCUT2D eigenvalue weighted by atomic mass is 10.2. The van der Waals surface area contributed by atoms with Gasteiger partial charge in [0.15, 0.2) is 0 Å². The van der Waals surface area contributed by atoms with Crippen molar-refractivity contribution in [3.05, 3.63) is 46.4 Å². The third kappa shape index (κ3) is 3.20.